The molecule has 0 bridgehead atoms. The molecule has 3 heteroatoms. The Kier molecular flexibility index (Phi) is 5.14. The maximum atomic E-state index is 5.05. The van der Waals surface area contributed by atoms with Crippen molar-refractivity contribution in [2.45, 2.75) is 0 Å². The summed E-state index contributed by atoms with van der Waals surface area (Å²) in [4.78, 5) is 14.4. The second kappa shape index (κ2) is 9.11. The summed E-state index contributed by atoms with van der Waals surface area (Å²) in [5, 5.41) is 9.81. The van der Waals surface area contributed by atoms with E-state index in [9.17, 15) is 0 Å². The molecule has 0 unspecified atom stereocenters. The second-order valence-electron chi connectivity index (χ2n) is 10.1. The van der Waals surface area contributed by atoms with Gasteiger partial charge in [-0.15, -0.1) is 0 Å². The quantitative estimate of drug-likeness (QED) is 0.223. The van der Waals surface area contributed by atoms with Crippen LogP contribution in [-0.4, -0.2) is 15.0 Å². The Bertz CT molecular complexity index is 2080. The van der Waals surface area contributed by atoms with Crippen molar-refractivity contribution in [3.8, 4) is 33.9 Å². The third kappa shape index (κ3) is 3.79. The van der Waals surface area contributed by atoms with Crippen LogP contribution in [0.2, 0.25) is 0 Å². The van der Waals surface area contributed by atoms with Crippen LogP contribution in [0, 0.1) is 0 Å². The minimum atomic E-state index is 0.664. The van der Waals surface area contributed by atoms with Gasteiger partial charge in [0.25, 0.3) is 0 Å². The Morgan fingerprint density at radius 1 is 0.375 bits per heavy atom. The highest BCUT2D eigenvalue weighted by Crippen LogP contribution is 2.34. The maximum absolute atomic E-state index is 5.05. The number of pyridine rings is 1. The first-order chi connectivity index (χ1) is 19.8. The molecule has 0 saturated carbocycles. The van der Waals surface area contributed by atoms with Crippen molar-refractivity contribution >= 4 is 43.1 Å². The average molecular weight is 510 g/mol. The number of nitrogens with zero attached hydrogens (tertiary/aromatic N) is 3. The van der Waals surface area contributed by atoms with Crippen LogP contribution >= 0.6 is 0 Å². The second-order valence-corrected chi connectivity index (χ2v) is 10.1. The first kappa shape index (κ1) is 22.6. The van der Waals surface area contributed by atoms with Crippen molar-refractivity contribution in [3.05, 3.63) is 140 Å². The molecule has 8 aromatic rings. The van der Waals surface area contributed by atoms with E-state index < -0.39 is 0 Å². The minimum Gasteiger partial charge on any atom is -0.264 e. The molecular formula is C37H23N3. The summed E-state index contributed by atoms with van der Waals surface area (Å²) in [5.74, 6) is 0.664. The van der Waals surface area contributed by atoms with Gasteiger partial charge >= 0.3 is 0 Å². The van der Waals surface area contributed by atoms with Crippen LogP contribution in [-0.2, 0) is 0 Å². The van der Waals surface area contributed by atoms with Gasteiger partial charge in [-0.25, -0.2) is 9.97 Å². The normalized spacial score (nSPS) is 11.5. The lowest BCUT2D eigenvalue weighted by molar-refractivity contribution is 1.17. The SMILES string of the molecule is c1cncc(-c2nc(-c3ccc4ccc5ccccc5c4c3)cc(-c3ccc4ccc5ccccc5c4c3)n2)c1. The van der Waals surface area contributed by atoms with E-state index in [0.717, 1.165) is 28.1 Å². The molecule has 0 aliphatic rings. The third-order valence-electron chi connectivity index (χ3n) is 7.73. The molecule has 0 amide bonds. The average Bonchev–Trinajstić information content (AvgIpc) is 3.04. The highest BCUT2D eigenvalue weighted by atomic mass is 14.9. The summed E-state index contributed by atoms with van der Waals surface area (Å²) in [5.41, 5.74) is 4.78. The van der Waals surface area contributed by atoms with E-state index in [1.165, 1.54) is 43.1 Å². The highest BCUT2D eigenvalue weighted by molar-refractivity contribution is 6.09. The van der Waals surface area contributed by atoms with Crippen LogP contribution in [0.5, 0.6) is 0 Å². The van der Waals surface area contributed by atoms with E-state index in [0.29, 0.717) is 5.82 Å². The molecule has 0 N–H and O–H groups in total. The molecule has 2 aromatic heterocycles. The summed E-state index contributed by atoms with van der Waals surface area (Å²) < 4.78 is 0. The first-order valence-corrected chi connectivity index (χ1v) is 13.4. The van der Waals surface area contributed by atoms with Crippen molar-refractivity contribution in [2.24, 2.45) is 0 Å². The van der Waals surface area contributed by atoms with Crippen LogP contribution in [0.15, 0.2) is 140 Å². The van der Waals surface area contributed by atoms with E-state index in [1.807, 2.05) is 18.3 Å². The van der Waals surface area contributed by atoms with Crippen LogP contribution in [0.25, 0.3) is 77.0 Å². The van der Waals surface area contributed by atoms with Gasteiger partial charge in [0, 0.05) is 29.1 Å². The summed E-state index contributed by atoms with van der Waals surface area (Å²) in [7, 11) is 0. The molecule has 2 heterocycles. The number of hydrogen-bond donors (Lipinski definition) is 0. The molecular weight excluding hydrogens is 486 g/mol. The number of rotatable bonds is 3. The molecule has 0 aliphatic carbocycles. The van der Waals surface area contributed by atoms with Gasteiger partial charge in [0.05, 0.1) is 11.4 Å². The van der Waals surface area contributed by atoms with E-state index in [1.54, 1.807) is 6.20 Å². The Balaban J connectivity index is 1.36. The molecule has 186 valence electrons. The smallest absolute Gasteiger partial charge is 0.161 e. The van der Waals surface area contributed by atoms with E-state index >= 15 is 0 Å². The van der Waals surface area contributed by atoms with Gasteiger partial charge in [-0.3, -0.25) is 4.98 Å². The van der Waals surface area contributed by atoms with Gasteiger partial charge in [-0.1, -0.05) is 97.1 Å². The largest absolute Gasteiger partial charge is 0.264 e. The first-order valence-electron chi connectivity index (χ1n) is 13.4. The standard InChI is InChI=1S/C37H23N3/c1-3-9-31-24(6-1)11-13-26-15-17-28(20-33(26)31)35-22-36(40-37(39-35)30-8-5-19-38-23-30)29-18-16-27-14-12-25-7-2-4-10-32(25)34(27)21-29/h1-23H. The summed E-state index contributed by atoms with van der Waals surface area (Å²) in [6, 6.07) is 45.0. The summed E-state index contributed by atoms with van der Waals surface area (Å²) in [6.45, 7) is 0. The molecule has 0 radical (unpaired) electrons. The van der Waals surface area contributed by atoms with Crippen molar-refractivity contribution in [3.63, 3.8) is 0 Å². The zero-order valence-corrected chi connectivity index (χ0v) is 21.6. The Labute approximate surface area is 231 Å². The zero-order chi connectivity index (χ0) is 26.5. The van der Waals surface area contributed by atoms with Crippen LogP contribution < -0.4 is 0 Å². The zero-order valence-electron chi connectivity index (χ0n) is 21.6. The van der Waals surface area contributed by atoms with Gasteiger partial charge < -0.3 is 0 Å². The monoisotopic (exact) mass is 509 g/mol. The van der Waals surface area contributed by atoms with Crippen molar-refractivity contribution in [2.75, 3.05) is 0 Å². The third-order valence-corrected chi connectivity index (χ3v) is 7.73. The highest BCUT2D eigenvalue weighted by Gasteiger charge is 2.13. The van der Waals surface area contributed by atoms with Gasteiger partial charge in [0.2, 0.25) is 0 Å². The predicted molar refractivity (Wildman–Crippen MR) is 166 cm³/mol. The molecule has 3 nitrogen and oxygen atoms in total. The summed E-state index contributed by atoms with van der Waals surface area (Å²) in [6.07, 6.45) is 3.60. The molecule has 0 spiro atoms. The molecule has 0 aliphatic heterocycles. The Morgan fingerprint density at radius 3 is 1.40 bits per heavy atom. The van der Waals surface area contributed by atoms with Crippen LogP contribution in [0.4, 0.5) is 0 Å². The fraction of sp³-hybridized carbons (Fsp3) is 0. The Morgan fingerprint density at radius 2 is 0.875 bits per heavy atom. The van der Waals surface area contributed by atoms with Crippen molar-refractivity contribution in [1.29, 1.82) is 0 Å². The topological polar surface area (TPSA) is 38.7 Å². The molecule has 0 atom stereocenters. The number of fused-ring (bicyclic) bond motifs is 6. The lowest BCUT2D eigenvalue weighted by Crippen LogP contribution is -1.96. The van der Waals surface area contributed by atoms with Crippen LogP contribution in [0.1, 0.15) is 0 Å². The molecule has 0 fully saturated rings. The molecule has 8 rings (SSSR count). The van der Waals surface area contributed by atoms with Gasteiger partial charge in [-0.2, -0.15) is 0 Å². The van der Waals surface area contributed by atoms with E-state index in [-0.39, 0.29) is 0 Å². The minimum absolute atomic E-state index is 0.664. The van der Waals surface area contributed by atoms with Gasteiger partial charge in [0.1, 0.15) is 0 Å². The Hall–Kier alpha value is -5.41. The molecule has 0 saturated heterocycles. The van der Waals surface area contributed by atoms with Crippen molar-refractivity contribution in [1.82, 2.24) is 15.0 Å². The van der Waals surface area contributed by atoms with E-state index in [2.05, 4.69) is 120 Å². The van der Waals surface area contributed by atoms with E-state index in [4.69, 9.17) is 9.97 Å². The molecule has 40 heavy (non-hydrogen) atoms. The van der Waals surface area contributed by atoms with Crippen molar-refractivity contribution < 1.29 is 0 Å². The fourth-order valence-corrected chi connectivity index (χ4v) is 5.69. The maximum Gasteiger partial charge on any atom is 0.161 e. The van der Waals surface area contributed by atoms with Gasteiger partial charge in [0.15, 0.2) is 5.82 Å². The fourth-order valence-electron chi connectivity index (χ4n) is 5.69. The molecule has 6 aromatic carbocycles. The lowest BCUT2D eigenvalue weighted by atomic mass is 9.97. The number of hydrogen-bond acceptors (Lipinski definition) is 3. The number of aromatic nitrogens is 3. The lowest BCUT2D eigenvalue weighted by Gasteiger charge is -2.12. The predicted octanol–water partition coefficient (Wildman–Crippen LogP) is 9.49. The summed E-state index contributed by atoms with van der Waals surface area (Å²) >= 11 is 0. The van der Waals surface area contributed by atoms with Gasteiger partial charge in [-0.05, 0) is 73.4 Å². The number of benzene rings is 6. The van der Waals surface area contributed by atoms with Crippen LogP contribution in [0.3, 0.4) is 0 Å².